The Morgan fingerprint density at radius 2 is 2.04 bits per heavy atom. The lowest BCUT2D eigenvalue weighted by Gasteiger charge is -2.36. The molecule has 130 valence electrons. The number of hydrogen-bond acceptors (Lipinski definition) is 3. The number of carboxylic acids is 1. The Labute approximate surface area is 141 Å². The summed E-state index contributed by atoms with van der Waals surface area (Å²) in [6.45, 7) is 1.65. The highest BCUT2D eigenvalue weighted by Gasteiger charge is 2.44. The summed E-state index contributed by atoms with van der Waals surface area (Å²) in [5, 5.41) is 9.75. The molecule has 1 saturated heterocycles. The van der Waals surface area contributed by atoms with Crippen LogP contribution in [0.4, 0.5) is 4.39 Å². The highest BCUT2D eigenvalue weighted by Crippen LogP contribution is 2.40. The normalized spacial score (nSPS) is 27.0. The first-order chi connectivity index (χ1) is 11.5. The molecule has 0 spiro atoms. The van der Waals surface area contributed by atoms with Crippen LogP contribution >= 0.6 is 0 Å². The average Bonchev–Trinajstić information content (AvgIpc) is 2.98. The number of aliphatic carboxylic acids is 1. The quantitative estimate of drug-likeness (QED) is 0.842. The lowest BCUT2D eigenvalue weighted by atomic mass is 9.73. The minimum absolute atomic E-state index is 0.0624. The van der Waals surface area contributed by atoms with Gasteiger partial charge in [0.2, 0.25) is 0 Å². The maximum Gasteiger partial charge on any atom is 0.310 e. The molecule has 1 heterocycles. The predicted molar refractivity (Wildman–Crippen MR) is 88.3 cm³/mol. The first kappa shape index (κ1) is 17.1. The average molecular weight is 333 g/mol. The number of carboxylic acid groups (broad SMARTS) is 1. The Morgan fingerprint density at radius 1 is 1.29 bits per heavy atom. The maximum atomic E-state index is 13.5. The summed E-state index contributed by atoms with van der Waals surface area (Å²) < 4.78 is 13.5. The molecule has 1 aliphatic carbocycles. The van der Waals surface area contributed by atoms with Gasteiger partial charge in [0.15, 0.2) is 0 Å². The monoisotopic (exact) mass is 333 g/mol. The summed E-state index contributed by atoms with van der Waals surface area (Å²) in [6, 6.07) is 6.39. The number of halogens is 1. The smallest absolute Gasteiger partial charge is 0.310 e. The van der Waals surface area contributed by atoms with Gasteiger partial charge in [-0.2, -0.15) is 0 Å². The van der Waals surface area contributed by atoms with E-state index in [1.165, 1.54) is 12.1 Å². The van der Waals surface area contributed by atoms with Gasteiger partial charge in [0.1, 0.15) is 12.1 Å². The Kier molecular flexibility index (Phi) is 4.99. The number of likely N-dealkylation sites (tertiary alicyclic amines) is 1. The van der Waals surface area contributed by atoms with Crippen molar-refractivity contribution in [3.63, 3.8) is 0 Å². The van der Waals surface area contributed by atoms with Crippen molar-refractivity contribution in [1.82, 2.24) is 4.90 Å². The molecule has 0 bridgehead atoms. The van der Waals surface area contributed by atoms with E-state index in [9.17, 15) is 19.1 Å². The van der Waals surface area contributed by atoms with Crippen LogP contribution in [-0.4, -0.2) is 41.9 Å². The fraction of sp³-hybridized carbons (Fsp3) is 0.579. The number of carbonyl (C=O) groups is 2. The highest BCUT2D eigenvalue weighted by atomic mass is 19.1. The van der Waals surface area contributed by atoms with Gasteiger partial charge in [-0.3, -0.25) is 4.79 Å². The summed E-state index contributed by atoms with van der Waals surface area (Å²) >= 11 is 0. The van der Waals surface area contributed by atoms with E-state index in [4.69, 9.17) is 0 Å². The van der Waals surface area contributed by atoms with Crippen LogP contribution in [-0.2, 0) is 9.59 Å². The summed E-state index contributed by atoms with van der Waals surface area (Å²) in [6.07, 6.45) is 5.33. The minimum atomic E-state index is -0.723. The van der Waals surface area contributed by atoms with E-state index in [0.29, 0.717) is 32.5 Å². The van der Waals surface area contributed by atoms with Gasteiger partial charge in [-0.1, -0.05) is 31.4 Å². The van der Waals surface area contributed by atoms with Crippen LogP contribution in [0.2, 0.25) is 0 Å². The van der Waals surface area contributed by atoms with Crippen molar-refractivity contribution in [2.75, 3.05) is 19.6 Å². The standard InChI is InChI=1S/C19H24FNO3/c20-16-6-4-5-14(9-16)17-11-21(10-15(17)12-22)13-19(18(23)24)7-2-1-3-8-19/h4-6,9,12,15,17H,1-3,7-8,10-11,13H2,(H,23,24)/t15-,17-/m0/s1. The SMILES string of the molecule is O=C[C@@H]1CN(CC2(C(=O)O)CCCCC2)C[C@H]1c1cccc(F)c1. The van der Waals surface area contributed by atoms with Crippen LogP contribution in [0.1, 0.15) is 43.6 Å². The largest absolute Gasteiger partial charge is 0.481 e. The number of carbonyl (C=O) groups excluding carboxylic acids is 1. The molecule has 1 N–H and O–H groups in total. The number of benzene rings is 1. The van der Waals surface area contributed by atoms with Crippen molar-refractivity contribution >= 4 is 12.3 Å². The second kappa shape index (κ2) is 7.01. The van der Waals surface area contributed by atoms with Crippen LogP contribution in [0.3, 0.4) is 0 Å². The summed E-state index contributed by atoms with van der Waals surface area (Å²) in [5.41, 5.74) is 0.130. The zero-order valence-corrected chi connectivity index (χ0v) is 13.8. The van der Waals surface area contributed by atoms with Gasteiger partial charge in [0.25, 0.3) is 0 Å². The Hall–Kier alpha value is -1.75. The third-order valence-electron chi connectivity index (χ3n) is 5.68. The van der Waals surface area contributed by atoms with Crippen molar-refractivity contribution in [1.29, 1.82) is 0 Å². The molecule has 2 aliphatic rings. The number of nitrogens with zero attached hydrogens (tertiary/aromatic N) is 1. The molecule has 3 rings (SSSR count). The predicted octanol–water partition coefficient (Wildman–Crippen LogP) is 3.08. The molecule has 1 aliphatic heterocycles. The molecule has 1 aromatic rings. The van der Waals surface area contributed by atoms with Crippen LogP contribution in [0.25, 0.3) is 0 Å². The van der Waals surface area contributed by atoms with Gasteiger partial charge in [-0.15, -0.1) is 0 Å². The Balaban J connectivity index is 1.76. The van der Waals surface area contributed by atoms with Crippen molar-refractivity contribution in [2.24, 2.45) is 11.3 Å². The molecule has 1 saturated carbocycles. The molecule has 0 amide bonds. The fourth-order valence-electron chi connectivity index (χ4n) is 4.37. The highest BCUT2D eigenvalue weighted by molar-refractivity contribution is 5.75. The third-order valence-corrected chi connectivity index (χ3v) is 5.68. The molecule has 0 radical (unpaired) electrons. The van der Waals surface area contributed by atoms with Crippen molar-refractivity contribution in [2.45, 2.75) is 38.0 Å². The van der Waals surface area contributed by atoms with Gasteiger partial charge < -0.3 is 14.8 Å². The Morgan fingerprint density at radius 3 is 2.67 bits per heavy atom. The van der Waals surface area contributed by atoms with Crippen LogP contribution in [0, 0.1) is 17.2 Å². The van der Waals surface area contributed by atoms with Crippen LogP contribution in [0.15, 0.2) is 24.3 Å². The van der Waals surface area contributed by atoms with E-state index in [0.717, 1.165) is 31.1 Å². The molecule has 0 unspecified atom stereocenters. The van der Waals surface area contributed by atoms with E-state index in [1.807, 2.05) is 6.07 Å². The molecular formula is C19H24FNO3. The first-order valence-corrected chi connectivity index (χ1v) is 8.70. The summed E-state index contributed by atoms with van der Waals surface area (Å²) in [5.74, 6) is -1.29. The van der Waals surface area contributed by atoms with E-state index in [-0.39, 0.29) is 17.7 Å². The molecule has 24 heavy (non-hydrogen) atoms. The number of hydrogen-bond donors (Lipinski definition) is 1. The summed E-state index contributed by atoms with van der Waals surface area (Å²) in [7, 11) is 0. The summed E-state index contributed by atoms with van der Waals surface area (Å²) in [4.78, 5) is 25.4. The molecule has 1 aromatic carbocycles. The lowest BCUT2D eigenvalue weighted by molar-refractivity contribution is -0.152. The number of rotatable bonds is 5. The van der Waals surface area contributed by atoms with E-state index < -0.39 is 11.4 Å². The van der Waals surface area contributed by atoms with Crippen LogP contribution < -0.4 is 0 Å². The van der Waals surface area contributed by atoms with Gasteiger partial charge in [0, 0.05) is 31.5 Å². The van der Waals surface area contributed by atoms with Gasteiger partial charge in [-0.05, 0) is 30.5 Å². The van der Waals surface area contributed by atoms with Gasteiger partial charge in [0.05, 0.1) is 5.41 Å². The molecule has 2 atom stereocenters. The van der Waals surface area contributed by atoms with Gasteiger partial charge in [-0.25, -0.2) is 4.39 Å². The maximum absolute atomic E-state index is 13.5. The second-order valence-corrected chi connectivity index (χ2v) is 7.30. The molecular weight excluding hydrogens is 309 g/mol. The second-order valence-electron chi connectivity index (χ2n) is 7.30. The van der Waals surface area contributed by atoms with E-state index >= 15 is 0 Å². The molecule has 2 fully saturated rings. The zero-order valence-electron chi connectivity index (χ0n) is 13.8. The minimum Gasteiger partial charge on any atom is -0.481 e. The third kappa shape index (κ3) is 3.36. The van der Waals surface area contributed by atoms with Crippen molar-refractivity contribution < 1.29 is 19.1 Å². The molecule has 5 heteroatoms. The molecule has 0 aromatic heterocycles. The topological polar surface area (TPSA) is 57.6 Å². The van der Waals surface area contributed by atoms with Crippen LogP contribution in [0.5, 0.6) is 0 Å². The van der Waals surface area contributed by atoms with Crippen molar-refractivity contribution in [3.8, 4) is 0 Å². The van der Waals surface area contributed by atoms with Crippen molar-refractivity contribution in [3.05, 3.63) is 35.6 Å². The zero-order chi connectivity index (χ0) is 17.2. The van der Waals surface area contributed by atoms with E-state index in [2.05, 4.69) is 4.90 Å². The first-order valence-electron chi connectivity index (χ1n) is 8.70. The van der Waals surface area contributed by atoms with E-state index in [1.54, 1.807) is 6.07 Å². The fourth-order valence-corrected chi connectivity index (χ4v) is 4.37. The Bertz CT molecular complexity index is 612. The van der Waals surface area contributed by atoms with Gasteiger partial charge >= 0.3 is 5.97 Å². The molecule has 4 nitrogen and oxygen atoms in total. The lowest BCUT2D eigenvalue weighted by Crippen LogP contribution is -2.44. The number of aldehydes is 1.